The topological polar surface area (TPSA) is 151 Å². The van der Waals surface area contributed by atoms with Gasteiger partial charge in [-0.1, -0.05) is 11.8 Å². The van der Waals surface area contributed by atoms with Gasteiger partial charge in [-0.05, 0) is 36.4 Å². The number of H-pyrrole nitrogens is 1. The number of methoxy groups -OCH3 is 1. The lowest BCUT2D eigenvalue weighted by molar-refractivity contribution is -0.384. The zero-order chi connectivity index (χ0) is 22.4. The zero-order valence-electron chi connectivity index (χ0n) is 16.1. The second-order valence-electron chi connectivity index (χ2n) is 6.08. The number of nitriles is 1. The molecule has 3 rings (SSSR count). The van der Waals surface area contributed by atoms with E-state index in [1.807, 2.05) is 6.07 Å². The Morgan fingerprint density at radius 3 is 2.52 bits per heavy atom. The Bertz CT molecular complexity index is 1220. The maximum Gasteiger partial charge on any atom is 0.270 e. The van der Waals surface area contributed by atoms with Crippen LogP contribution in [0.5, 0.6) is 5.75 Å². The van der Waals surface area contributed by atoms with Crippen LogP contribution in [0.1, 0.15) is 5.56 Å². The third kappa shape index (κ3) is 5.26. The second-order valence-corrected chi connectivity index (χ2v) is 7.04. The van der Waals surface area contributed by atoms with E-state index in [-0.39, 0.29) is 27.9 Å². The first-order chi connectivity index (χ1) is 14.9. The average molecular weight is 437 g/mol. The molecule has 0 atom stereocenters. The van der Waals surface area contributed by atoms with Crippen molar-refractivity contribution in [1.29, 1.82) is 5.26 Å². The van der Waals surface area contributed by atoms with E-state index in [0.717, 1.165) is 11.8 Å². The SMILES string of the molecule is COc1ccc(-c2nc(SCC(=O)Nc3ccc([N+](=O)[O-])cc3)[nH]c(=O)c2C#N)cc1. The summed E-state index contributed by atoms with van der Waals surface area (Å²) in [5.41, 5.74) is 0.327. The molecule has 0 radical (unpaired) electrons. The number of hydrogen-bond acceptors (Lipinski definition) is 8. The van der Waals surface area contributed by atoms with Crippen molar-refractivity contribution in [3.05, 3.63) is 74.6 Å². The zero-order valence-corrected chi connectivity index (χ0v) is 16.9. The van der Waals surface area contributed by atoms with Gasteiger partial charge < -0.3 is 15.0 Å². The molecule has 10 nitrogen and oxygen atoms in total. The molecule has 156 valence electrons. The minimum Gasteiger partial charge on any atom is -0.497 e. The number of ether oxygens (including phenoxy) is 1. The highest BCUT2D eigenvalue weighted by Crippen LogP contribution is 2.24. The molecule has 0 spiro atoms. The van der Waals surface area contributed by atoms with Crippen molar-refractivity contribution in [1.82, 2.24) is 9.97 Å². The molecule has 0 aliphatic heterocycles. The molecule has 0 unspecified atom stereocenters. The molecule has 0 fully saturated rings. The van der Waals surface area contributed by atoms with Gasteiger partial charge >= 0.3 is 0 Å². The highest BCUT2D eigenvalue weighted by Gasteiger charge is 2.15. The van der Waals surface area contributed by atoms with Crippen molar-refractivity contribution < 1.29 is 14.5 Å². The van der Waals surface area contributed by atoms with Crippen LogP contribution in [0.2, 0.25) is 0 Å². The number of nitro benzene ring substituents is 1. The van der Waals surface area contributed by atoms with E-state index in [1.54, 1.807) is 24.3 Å². The number of rotatable bonds is 7. The second kappa shape index (κ2) is 9.55. The molecule has 3 aromatic rings. The maximum absolute atomic E-state index is 12.3. The molecule has 0 aliphatic carbocycles. The Labute approximate surface area is 180 Å². The summed E-state index contributed by atoms with van der Waals surface area (Å²) in [6.07, 6.45) is 0. The number of thioether (sulfide) groups is 1. The van der Waals surface area contributed by atoms with Gasteiger partial charge in [0.2, 0.25) is 5.91 Å². The Hall–Kier alpha value is -4.17. The fourth-order valence-electron chi connectivity index (χ4n) is 2.58. The Morgan fingerprint density at radius 2 is 1.94 bits per heavy atom. The van der Waals surface area contributed by atoms with E-state index in [9.17, 15) is 25.0 Å². The van der Waals surface area contributed by atoms with Crippen LogP contribution in [0.4, 0.5) is 11.4 Å². The quantitative estimate of drug-likeness (QED) is 0.248. The van der Waals surface area contributed by atoms with E-state index in [4.69, 9.17) is 4.74 Å². The van der Waals surface area contributed by atoms with Crippen LogP contribution in [0.3, 0.4) is 0 Å². The normalized spacial score (nSPS) is 10.2. The number of nitrogens with zero attached hydrogens (tertiary/aromatic N) is 3. The summed E-state index contributed by atoms with van der Waals surface area (Å²) >= 11 is 0.985. The molecular weight excluding hydrogens is 422 g/mol. The van der Waals surface area contributed by atoms with E-state index in [1.165, 1.54) is 31.4 Å². The number of benzene rings is 2. The van der Waals surface area contributed by atoms with Crippen molar-refractivity contribution in [2.75, 3.05) is 18.2 Å². The van der Waals surface area contributed by atoms with E-state index in [2.05, 4.69) is 15.3 Å². The highest BCUT2D eigenvalue weighted by atomic mass is 32.2. The van der Waals surface area contributed by atoms with Gasteiger partial charge in [0.15, 0.2) is 5.16 Å². The lowest BCUT2D eigenvalue weighted by Crippen LogP contribution is -2.17. The van der Waals surface area contributed by atoms with Gasteiger partial charge in [0.25, 0.3) is 11.2 Å². The summed E-state index contributed by atoms with van der Waals surface area (Å²) < 4.78 is 5.11. The van der Waals surface area contributed by atoms with Crippen LogP contribution in [0.15, 0.2) is 58.5 Å². The summed E-state index contributed by atoms with van der Waals surface area (Å²) in [5.74, 6) is 0.148. The minimum absolute atomic E-state index is 0.0755. The minimum atomic E-state index is -0.610. The number of anilines is 1. The molecule has 1 amide bonds. The number of carbonyl (C=O) groups is 1. The van der Waals surface area contributed by atoms with Gasteiger partial charge in [0.1, 0.15) is 17.4 Å². The third-order valence-corrected chi connectivity index (χ3v) is 4.95. The Balaban J connectivity index is 1.74. The first kappa shape index (κ1) is 21.5. The molecule has 1 aromatic heterocycles. The van der Waals surface area contributed by atoms with Gasteiger partial charge in [0, 0.05) is 23.4 Å². The number of aromatic amines is 1. The lowest BCUT2D eigenvalue weighted by Gasteiger charge is -2.08. The molecule has 2 N–H and O–H groups in total. The average Bonchev–Trinajstić information content (AvgIpc) is 2.77. The van der Waals surface area contributed by atoms with Gasteiger partial charge in [-0.2, -0.15) is 5.26 Å². The van der Waals surface area contributed by atoms with Crippen molar-refractivity contribution in [3.63, 3.8) is 0 Å². The number of aromatic nitrogens is 2. The molecule has 31 heavy (non-hydrogen) atoms. The molecule has 0 saturated carbocycles. The van der Waals surface area contributed by atoms with Crippen molar-refractivity contribution in [3.8, 4) is 23.1 Å². The van der Waals surface area contributed by atoms with Gasteiger partial charge in [-0.3, -0.25) is 19.7 Å². The van der Waals surface area contributed by atoms with Crippen LogP contribution in [-0.4, -0.2) is 33.7 Å². The molecule has 0 saturated heterocycles. The van der Waals surface area contributed by atoms with Crippen LogP contribution in [-0.2, 0) is 4.79 Å². The first-order valence-corrected chi connectivity index (χ1v) is 9.75. The summed E-state index contributed by atoms with van der Waals surface area (Å²) in [4.78, 5) is 41.5. The van der Waals surface area contributed by atoms with E-state index >= 15 is 0 Å². The van der Waals surface area contributed by atoms with E-state index < -0.39 is 16.4 Å². The molecule has 1 heterocycles. The molecule has 0 bridgehead atoms. The predicted octanol–water partition coefficient (Wildman–Crippen LogP) is 2.96. The number of nitrogens with one attached hydrogen (secondary N) is 2. The largest absolute Gasteiger partial charge is 0.497 e. The van der Waals surface area contributed by atoms with Crippen LogP contribution in [0.25, 0.3) is 11.3 Å². The number of carbonyl (C=O) groups excluding carboxylic acids is 1. The molecule has 0 aliphatic rings. The van der Waals surface area contributed by atoms with Crippen LogP contribution < -0.4 is 15.6 Å². The molecular formula is C20H15N5O5S. The highest BCUT2D eigenvalue weighted by molar-refractivity contribution is 7.99. The van der Waals surface area contributed by atoms with Crippen LogP contribution >= 0.6 is 11.8 Å². The number of amides is 1. The summed E-state index contributed by atoms with van der Waals surface area (Å²) in [5, 5.41) is 22.8. The van der Waals surface area contributed by atoms with Gasteiger partial charge in [-0.25, -0.2) is 4.98 Å². The summed E-state index contributed by atoms with van der Waals surface area (Å²) in [7, 11) is 1.53. The Morgan fingerprint density at radius 1 is 1.26 bits per heavy atom. The van der Waals surface area contributed by atoms with Gasteiger partial charge in [0.05, 0.1) is 23.5 Å². The number of hydrogen-bond donors (Lipinski definition) is 2. The number of non-ortho nitro benzene ring substituents is 1. The summed E-state index contributed by atoms with van der Waals surface area (Å²) in [6.45, 7) is 0. The molecule has 11 heteroatoms. The monoisotopic (exact) mass is 437 g/mol. The smallest absolute Gasteiger partial charge is 0.270 e. The molecule has 2 aromatic carbocycles. The third-order valence-electron chi connectivity index (χ3n) is 4.07. The fourth-order valence-corrected chi connectivity index (χ4v) is 3.24. The van der Waals surface area contributed by atoms with Crippen molar-refractivity contribution >= 4 is 29.0 Å². The number of nitro groups is 1. The van der Waals surface area contributed by atoms with Crippen molar-refractivity contribution in [2.24, 2.45) is 0 Å². The van der Waals surface area contributed by atoms with Gasteiger partial charge in [-0.15, -0.1) is 0 Å². The standard InChI is InChI=1S/C20H15N5O5S/c1-30-15-8-2-12(3-9-15)18-16(10-21)19(27)24-20(23-18)31-11-17(26)22-13-4-6-14(7-5-13)25(28)29/h2-9H,11H2,1H3,(H,22,26)(H,23,24,27). The van der Waals surface area contributed by atoms with Crippen molar-refractivity contribution in [2.45, 2.75) is 5.16 Å². The lowest BCUT2D eigenvalue weighted by atomic mass is 10.1. The van der Waals surface area contributed by atoms with E-state index in [0.29, 0.717) is 17.0 Å². The predicted molar refractivity (Wildman–Crippen MR) is 114 cm³/mol. The Kier molecular flexibility index (Phi) is 6.64. The first-order valence-electron chi connectivity index (χ1n) is 8.77. The maximum atomic E-state index is 12.3. The van der Waals surface area contributed by atoms with Crippen LogP contribution in [0, 0.1) is 21.4 Å². The fraction of sp³-hybridized carbons (Fsp3) is 0.100. The summed E-state index contributed by atoms with van der Waals surface area (Å²) in [6, 6.07) is 14.0.